The molecule has 1 rings (SSSR count). The van der Waals surface area contributed by atoms with Gasteiger partial charge in [-0.25, -0.2) is 4.79 Å². The van der Waals surface area contributed by atoms with Gasteiger partial charge in [0.05, 0.1) is 0 Å². The first-order chi connectivity index (χ1) is 9.38. The van der Waals surface area contributed by atoms with E-state index >= 15 is 0 Å². The number of rotatable bonds is 7. The first kappa shape index (κ1) is 16.4. The maximum absolute atomic E-state index is 10.5. The predicted octanol–water partition coefficient (Wildman–Crippen LogP) is 3.65. The van der Waals surface area contributed by atoms with Gasteiger partial charge in [0.25, 0.3) is 0 Å². The minimum atomic E-state index is -0.918. The van der Waals surface area contributed by atoms with Gasteiger partial charge in [-0.1, -0.05) is 38.1 Å². The molecule has 0 amide bonds. The summed E-state index contributed by atoms with van der Waals surface area (Å²) in [7, 11) is 2.13. The Kier molecular flexibility index (Phi) is 6.46. The van der Waals surface area contributed by atoms with Crippen molar-refractivity contribution in [3.05, 3.63) is 41.5 Å². The van der Waals surface area contributed by atoms with Gasteiger partial charge in [0.1, 0.15) is 0 Å². The molecule has 1 unspecified atom stereocenters. The molecule has 20 heavy (non-hydrogen) atoms. The van der Waals surface area contributed by atoms with Crippen molar-refractivity contribution in [2.24, 2.45) is 5.92 Å². The number of carbonyl (C=O) groups is 1. The molecule has 0 aliphatic carbocycles. The van der Waals surface area contributed by atoms with Crippen LogP contribution in [0.15, 0.2) is 30.3 Å². The summed E-state index contributed by atoms with van der Waals surface area (Å²) in [6, 6.07) is 8.54. The molecular formula is C17H25NO2. The summed E-state index contributed by atoms with van der Waals surface area (Å²) in [6.07, 6.45) is 3.97. The van der Waals surface area contributed by atoms with E-state index in [4.69, 9.17) is 5.11 Å². The highest BCUT2D eigenvalue weighted by atomic mass is 16.4. The third-order valence-electron chi connectivity index (χ3n) is 3.37. The van der Waals surface area contributed by atoms with Crippen LogP contribution in [0.2, 0.25) is 0 Å². The van der Waals surface area contributed by atoms with E-state index in [0.717, 1.165) is 12.1 Å². The Labute approximate surface area is 121 Å². The van der Waals surface area contributed by atoms with Gasteiger partial charge in [0, 0.05) is 18.7 Å². The Morgan fingerprint density at radius 1 is 1.35 bits per heavy atom. The lowest BCUT2D eigenvalue weighted by molar-refractivity contribution is -0.131. The molecule has 3 nitrogen and oxygen atoms in total. The van der Waals surface area contributed by atoms with Gasteiger partial charge in [-0.15, -0.1) is 0 Å². The van der Waals surface area contributed by atoms with Crippen molar-refractivity contribution in [3.8, 4) is 0 Å². The average molecular weight is 275 g/mol. The van der Waals surface area contributed by atoms with Crippen LogP contribution in [-0.4, -0.2) is 29.1 Å². The van der Waals surface area contributed by atoms with E-state index < -0.39 is 5.97 Å². The SMILES string of the molecule is CC(C)CC(C)N(C)Cc1cccc(C=CC(=O)O)c1. The van der Waals surface area contributed by atoms with E-state index in [-0.39, 0.29) is 0 Å². The highest BCUT2D eigenvalue weighted by Gasteiger charge is 2.11. The summed E-state index contributed by atoms with van der Waals surface area (Å²) in [4.78, 5) is 12.9. The molecule has 1 aromatic carbocycles. The van der Waals surface area contributed by atoms with Crippen LogP contribution in [0, 0.1) is 5.92 Å². The first-order valence-corrected chi connectivity index (χ1v) is 7.08. The molecule has 0 spiro atoms. The molecule has 3 heteroatoms. The quantitative estimate of drug-likeness (QED) is 0.772. The van der Waals surface area contributed by atoms with Crippen LogP contribution in [0.4, 0.5) is 0 Å². The molecule has 0 aromatic heterocycles. The van der Waals surface area contributed by atoms with E-state index in [9.17, 15) is 4.79 Å². The zero-order chi connectivity index (χ0) is 15.1. The van der Waals surface area contributed by atoms with Crippen LogP contribution in [0.25, 0.3) is 6.08 Å². The largest absolute Gasteiger partial charge is 0.478 e. The van der Waals surface area contributed by atoms with Crippen molar-refractivity contribution in [2.75, 3.05) is 7.05 Å². The minimum absolute atomic E-state index is 0.535. The van der Waals surface area contributed by atoms with Gasteiger partial charge in [-0.3, -0.25) is 4.90 Å². The van der Waals surface area contributed by atoms with Crippen molar-refractivity contribution in [2.45, 2.75) is 39.8 Å². The lowest BCUT2D eigenvalue weighted by atomic mass is 10.0. The number of aliphatic carboxylic acids is 1. The fraction of sp³-hybridized carbons (Fsp3) is 0.471. The molecule has 1 aromatic rings. The maximum Gasteiger partial charge on any atom is 0.328 e. The normalized spacial score (nSPS) is 13.3. The lowest BCUT2D eigenvalue weighted by Gasteiger charge is -2.26. The van der Waals surface area contributed by atoms with Gasteiger partial charge < -0.3 is 5.11 Å². The van der Waals surface area contributed by atoms with Crippen LogP contribution < -0.4 is 0 Å². The van der Waals surface area contributed by atoms with Crippen molar-refractivity contribution < 1.29 is 9.90 Å². The Bertz CT molecular complexity index is 466. The number of nitrogens with zero attached hydrogens (tertiary/aromatic N) is 1. The van der Waals surface area contributed by atoms with Gasteiger partial charge >= 0.3 is 5.97 Å². The molecule has 0 bridgehead atoms. The summed E-state index contributed by atoms with van der Waals surface area (Å²) in [5.74, 6) is -0.227. The highest BCUT2D eigenvalue weighted by Crippen LogP contribution is 2.14. The summed E-state index contributed by atoms with van der Waals surface area (Å²) < 4.78 is 0. The smallest absolute Gasteiger partial charge is 0.328 e. The van der Waals surface area contributed by atoms with Crippen molar-refractivity contribution in [1.29, 1.82) is 0 Å². The summed E-state index contributed by atoms with van der Waals surface area (Å²) in [5, 5.41) is 8.65. The number of hydrogen-bond donors (Lipinski definition) is 1. The molecule has 0 radical (unpaired) electrons. The van der Waals surface area contributed by atoms with Gasteiger partial charge in [0.15, 0.2) is 0 Å². The fourth-order valence-corrected chi connectivity index (χ4v) is 2.27. The average Bonchev–Trinajstić information content (AvgIpc) is 2.36. The Morgan fingerprint density at radius 2 is 2.05 bits per heavy atom. The Balaban J connectivity index is 2.68. The van der Waals surface area contributed by atoms with E-state index in [1.165, 1.54) is 18.1 Å². The highest BCUT2D eigenvalue weighted by molar-refractivity contribution is 5.85. The Hall–Kier alpha value is -1.61. The third kappa shape index (κ3) is 6.02. The minimum Gasteiger partial charge on any atom is -0.478 e. The molecule has 0 aliphatic heterocycles. The summed E-state index contributed by atoms with van der Waals surface area (Å²) >= 11 is 0. The number of hydrogen-bond acceptors (Lipinski definition) is 2. The monoisotopic (exact) mass is 275 g/mol. The standard InChI is InChI=1S/C17H25NO2/c1-13(2)10-14(3)18(4)12-16-7-5-6-15(11-16)8-9-17(19)20/h5-9,11,13-14H,10,12H2,1-4H3,(H,19,20). The molecule has 0 aliphatic rings. The third-order valence-corrected chi connectivity index (χ3v) is 3.37. The molecule has 0 saturated carbocycles. The fourth-order valence-electron chi connectivity index (χ4n) is 2.27. The molecule has 110 valence electrons. The molecule has 0 saturated heterocycles. The second-order valence-corrected chi connectivity index (χ2v) is 5.81. The molecule has 0 heterocycles. The van der Waals surface area contributed by atoms with Crippen LogP contribution in [-0.2, 0) is 11.3 Å². The molecule has 1 atom stereocenters. The van der Waals surface area contributed by atoms with Crippen LogP contribution in [0.3, 0.4) is 0 Å². The summed E-state index contributed by atoms with van der Waals surface area (Å²) in [6.45, 7) is 7.60. The van der Waals surface area contributed by atoms with Crippen LogP contribution in [0.1, 0.15) is 38.3 Å². The topological polar surface area (TPSA) is 40.5 Å². The number of carboxylic acids is 1. The maximum atomic E-state index is 10.5. The zero-order valence-corrected chi connectivity index (χ0v) is 12.8. The zero-order valence-electron chi connectivity index (χ0n) is 12.8. The van der Waals surface area contributed by atoms with Gasteiger partial charge in [0.2, 0.25) is 0 Å². The number of carboxylic acid groups (broad SMARTS) is 1. The van der Waals surface area contributed by atoms with E-state index in [0.29, 0.717) is 12.0 Å². The van der Waals surface area contributed by atoms with Crippen molar-refractivity contribution >= 4 is 12.0 Å². The molecular weight excluding hydrogens is 250 g/mol. The first-order valence-electron chi connectivity index (χ1n) is 7.08. The molecule has 1 N–H and O–H groups in total. The summed E-state index contributed by atoms with van der Waals surface area (Å²) in [5.41, 5.74) is 2.13. The van der Waals surface area contributed by atoms with Gasteiger partial charge in [-0.05, 0) is 43.5 Å². The van der Waals surface area contributed by atoms with E-state index in [1.54, 1.807) is 6.08 Å². The predicted molar refractivity (Wildman–Crippen MR) is 83.5 cm³/mol. The Morgan fingerprint density at radius 3 is 2.65 bits per heavy atom. The number of benzene rings is 1. The lowest BCUT2D eigenvalue weighted by Crippen LogP contribution is -2.29. The van der Waals surface area contributed by atoms with E-state index in [1.807, 2.05) is 18.2 Å². The van der Waals surface area contributed by atoms with Crippen LogP contribution >= 0.6 is 0 Å². The van der Waals surface area contributed by atoms with E-state index in [2.05, 4.69) is 38.8 Å². The molecule has 0 fully saturated rings. The van der Waals surface area contributed by atoms with Gasteiger partial charge in [-0.2, -0.15) is 0 Å². The van der Waals surface area contributed by atoms with Crippen molar-refractivity contribution in [3.63, 3.8) is 0 Å². The second-order valence-electron chi connectivity index (χ2n) is 5.81. The second kappa shape index (κ2) is 7.85. The van der Waals surface area contributed by atoms with Crippen LogP contribution in [0.5, 0.6) is 0 Å². The van der Waals surface area contributed by atoms with Crippen molar-refractivity contribution in [1.82, 2.24) is 4.90 Å².